The maximum atomic E-state index is 11.0. The van der Waals surface area contributed by atoms with E-state index >= 15 is 0 Å². The van der Waals surface area contributed by atoms with Crippen LogP contribution in [0.1, 0.15) is 22.8 Å². The number of ether oxygens (including phenoxy) is 1. The summed E-state index contributed by atoms with van der Waals surface area (Å²) in [5, 5.41) is 0. The molecule has 0 aliphatic rings. The van der Waals surface area contributed by atoms with Crippen molar-refractivity contribution in [2.75, 3.05) is 0 Å². The van der Waals surface area contributed by atoms with E-state index in [2.05, 4.69) is 0 Å². The lowest BCUT2D eigenvalue weighted by Gasteiger charge is -2.07. The second-order valence-corrected chi connectivity index (χ2v) is 4.51. The average Bonchev–Trinajstić information content (AvgIpc) is 2.41. The molecule has 0 saturated carbocycles. The Labute approximate surface area is 117 Å². The van der Waals surface area contributed by atoms with Gasteiger partial charge in [-0.3, -0.25) is 9.59 Å². The number of carbonyl (C=O) groups excluding carboxylic acids is 2. The molecule has 2 aromatic rings. The van der Waals surface area contributed by atoms with Crippen LogP contribution in [-0.2, 0) is 11.2 Å². The van der Waals surface area contributed by atoms with Crippen molar-refractivity contribution < 1.29 is 14.3 Å². The van der Waals surface area contributed by atoms with Crippen molar-refractivity contribution in [2.24, 2.45) is 5.73 Å². The average molecular weight is 269 g/mol. The van der Waals surface area contributed by atoms with E-state index < -0.39 is 5.91 Å². The fourth-order valence-corrected chi connectivity index (χ4v) is 1.79. The molecule has 0 bridgehead atoms. The highest BCUT2D eigenvalue weighted by Crippen LogP contribution is 2.22. The van der Waals surface area contributed by atoms with E-state index in [-0.39, 0.29) is 5.78 Å². The Bertz CT molecular complexity index is 615. The predicted molar refractivity (Wildman–Crippen MR) is 75.9 cm³/mol. The molecule has 0 saturated heterocycles. The van der Waals surface area contributed by atoms with Gasteiger partial charge >= 0.3 is 0 Å². The molecule has 1 amide bonds. The van der Waals surface area contributed by atoms with Gasteiger partial charge in [-0.25, -0.2) is 0 Å². The van der Waals surface area contributed by atoms with E-state index in [4.69, 9.17) is 10.5 Å². The van der Waals surface area contributed by atoms with Gasteiger partial charge in [-0.05, 0) is 48.9 Å². The lowest BCUT2D eigenvalue weighted by Crippen LogP contribution is -2.10. The predicted octanol–water partition coefficient (Wildman–Crippen LogP) is 2.71. The van der Waals surface area contributed by atoms with Crippen molar-refractivity contribution in [3.63, 3.8) is 0 Å². The number of Topliss-reactive ketones (excluding diaryl/α,β-unsaturated/α-hetero) is 1. The van der Waals surface area contributed by atoms with E-state index in [1.165, 1.54) is 0 Å². The van der Waals surface area contributed by atoms with Gasteiger partial charge in [0.2, 0.25) is 5.91 Å². The molecule has 0 spiro atoms. The van der Waals surface area contributed by atoms with Crippen LogP contribution in [0.25, 0.3) is 0 Å². The first-order chi connectivity index (χ1) is 9.54. The molecule has 0 radical (unpaired) electrons. The minimum absolute atomic E-state index is 0.126. The summed E-state index contributed by atoms with van der Waals surface area (Å²) in [5.41, 5.74) is 6.56. The van der Waals surface area contributed by atoms with Gasteiger partial charge in [-0.2, -0.15) is 0 Å². The fraction of sp³-hybridized carbons (Fsp3) is 0.125. The molecule has 102 valence electrons. The van der Waals surface area contributed by atoms with Crippen molar-refractivity contribution in [1.82, 2.24) is 0 Å². The van der Waals surface area contributed by atoms with Crippen LogP contribution in [0, 0.1) is 0 Å². The Balaban J connectivity index is 2.06. The van der Waals surface area contributed by atoms with Gasteiger partial charge in [0.15, 0.2) is 0 Å². The van der Waals surface area contributed by atoms with Crippen molar-refractivity contribution in [3.8, 4) is 11.5 Å². The standard InChI is InChI=1S/C16H15NO3/c1-11(18)10-12-2-6-14(7-3-12)20-15-8-4-13(5-9-15)16(17)19/h2-9H,10H2,1H3,(H2,17,19). The zero-order chi connectivity index (χ0) is 14.5. The first-order valence-corrected chi connectivity index (χ1v) is 6.21. The normalized spacial score (nSPS) is 10.1. The van der Waals surface area contributed by atoms with Crippen molar-refractivity contribution in [2.45, 2.75) is 13.3 Å². The summed E-state index contributed by atoms with van der Waals surface area (Å²) in [4.78, 5) is 22.0. The van der Waals surface area contributed by atoms with Gasteiger partial charge in [-0.15, -0.1) is 0 Å². The van der Waals surface area contributed by atoms with E-state index in [9.17, 15) is 9.59 Å². The van der Waals surface area contributed by atoms with Crippen LogP contribution in [0.15, 0.2) is 48.5 Å². The third kappa shape index (κ3) is 3.68. The maximum absolute atomic E-state index is 11.0. The topological polar surface area (TPSA) is 69.4 Å². The number of primary amides is 1. The minimum Gasteiger partial charge on any atom is -0.457 e. The van der Waals surface area contributed by atoms with Gasteiger partial charge in [0.25, 0.3) is 0 Å². The summed E-state index contributed by atoms with van der Waals surface area (Å²) < 4.78 is 5.64. The number of rotatable bonds is 5. The molecule has 0 heterocycles. The first-order valence-electron chi connectivity index (χ1n) is 6.21. The van der Waals surface area contributed by atoms with E-state index in [0.29, 0.717) is 23.5 Å². The number of hydrogen-bond acceptors (Lipinski definition) is 3. The van der Waals surface area contributed by atoms with E-state index in [1.54, 1.807) is 43.3 Å². The lowest BCUT2D eigenvalue weighted by molar-refractivity contribution is -0.116. The minimum atomic E-state index is -0.467. The molecule has 2 rings (SSSR count). The van der Waals surface area contributed by atoms with Crippen molar-refractivity contribution in [1.29, 1.82) is 0 Å². The second kappa shape index (κ2) is 6.02. The molecule has 2 aromatic carbocycles. The van der Waals surface area contributed by atoms with Gasteiger partial charge in [0, 0.05) is 12.0 Å². The molecule has 0 fully saturated rings. The van der Waals surface area contributed by atoms with Crippen LogP contribution in [0.5, 0.6) is 11.5 Å². The van der Waals surface area contributed by atoms with Gasteiger partial charge in [-0.1, -0.05) is 12.1 Å². The summed E-state index contributed by atoms with van der Waals surface area (Å²) in [6.07, 6.45) is 0.424. The lowest BCUT2D eigenvalue weighted by atomic mass is 10.1. The summed E-state index contributed by atoms with van der Waals surface area (Å²) in [7, 11) is 0. The van der Waals surface area contributed by atoms with Gasteiger partial charge in [0.05, 0.1) is 0 Å². The number of ketones is 1. The molecule has 0 atom stereocenters. The van der Waals surface area contributed by atoms with E-state index in [0.717, 1.165) is 5.56 Å². The monoisotopic (exact) mass is 269 g/mol. The van der Waals surface area contributed by atoms with Gasteiger partial charge < -0.3 is 10.5 Å². The van der Waals surface area contributed by atoms with Crippen LogP contribution >= 0.6 is 0 Å². The molecule has 20 heavy (non-hydrogen) atoms. The SMILES string of the molecule is CC(=O)Cc1ccc(Oc2ccc(C(N)=O)cc2)cc1. The molecule has 0 unspecified atom stereocenters. The molecule has 0 aliphatic carbocycles. The Kier molecular flexibility index (Phi) is 4.15. The van der Waals surface area contributed by atoms with Gasteiger partial charge in [0.1, 0.15) is 17.3 Å². The molecule has 4 heteroatoms. The number of benzene rings is 2. The van der Waals surface area contributed by atoms with Crippen LogP contribution in [0.4, 0.5) is 0 Å². The molecule has 4 nitrogen and oxygen atoms in total. The highest BCUT2D eigenvalue weighted by Gasteiger charge is 2.02. The highest BCUT2D eigenvalue weighted by atomic mass is 16.5. The van der Waals surface area contributed by atoms with Crippen molar-refractivity contribution in [3.05, 3.63) is 59.7 Å². The third-order valence-electron chi connectivity index (χ3n) is 2.75. The van der Waals surface area contributed by atoms with Crippen LogP contribution < -0.4 is 10.5 Å². The molecule has 0 aliphatic heterocycles. The quantitative estimate of drug-likeness (QED) is 0.907. The second-order valence-electron chi connectivity index (χ2n) is 4.51. The Hall–Kier alpha value is -2.62. The smallest absolute Gasteiger partial charge is 0.248 e. The van der Waals surface area contributed by atoms with Crippen LogP contribution in [0.3, 0.4) is 0 Å². The Morgan fingerprint density at radius 2 is 1.45 bits per heavy atom. The highest BCUT2D eigenvalue weighted by molar-refractivity contribution is 5.92. The summed E-state index contributed by atoms with van der Waals surface area (Å²) in [6.45, 7) is 1.56. The summed E-state index contributed by atoms with van der Waals surface area (Å²) in [6, 6.07) is 13.9. The number of nitrogens with two attached hydrogens (primary N) is 1. The zero-order valence-corrected chi connectivity index (χ0v) is 11.1. The molecular weight excluding hydrogens is 254 g/mol. The van der Waals surface area contributed by atoms with Crippen molar-refractivity contribution >= 4 is 11.7 Å². The molecule has 0 aromatic heterocycles. The van der Waals surface area contributed by atoms with E-state index in [1.807, 2.05) is 12.1 Å². The molecule has 2 N–H and O–H groups in total. The van der Waals surface area contributed by atoms with Crippen LogP contribution in [-0.4, -0.2) is 11.7 Å². The number of amides is 1. The molecular formula is C16H15NO3. The first kappa shape index (κ1) is 13.8. The van der Waals surface area contributed by atoms with Crippen LogP contribution in [0.2, 0.25) is 0 Å². The fourth-order valence-electron chi connectivity index (χ4n) is 1.79. The summed E-state index contributed by atoms with van der Waals surface area (Å²) >= 11 is 0. The summed E-state index contributed by atoms with van der Waals surface area (Å²) in [5.74, 6) is 0.948. The number of carbonyl (C=O) groups is 2. The Morgan fingerprint density at radius 3 is 1.90 bits per heavy atom. The largest absolute Gasteiger partial charge is 0.457 e. The third-order valence-corrected chi connectivity index (χ3v) is 2.75. The number of hydrogen-bond donors (Lipinski definition) is 1. The Morgan fingerprint density at radius 1 is 0.950 bits per heavy atom. The maximum Gasteiger partial charge on any atom is 0.248 e. The zero-order valence-electron chi connectivity index (χ0n) is 11.1.